The van der Waals surface area contributed by atoms with Crippen LogP contribution in [0.4, 0.5) is 17.2 Å². The second-order valence-corrected chi connectivity index (χ2v) is 9.81. The first-order chi connectivity index (χ1) is 16.0. The Morgan fingerprint density at radius 3 is 2.73 bits per heavy atom. The molecule has 5 rings (SSSR count). The first-order valence-corrected chi connectivity index (χ1v) is 12.2. The van der Waals surface area contributed by atoms with Gasteiger partial charge in [-0.25, -0.2) is 0 Å². The fourth-order valence-corrected chi connectivity index (χ4v) is 5.68. The molecule has 2 aromatic rings. The Morgan fingerprint density at radius 1 is 1.21 bits per heavy atom. The molecule has 1 saturated heterocycles. The number of nitrogens with zero attached hydrogens (tertiary/aromatic N) is 3. The fraction of sp³-hybridized carbons (Fsp3) is 0.538. The molecule has 3 heterocycles. The number of piperazine rings is 1. The number of carbonyl (C=O) groups excluding carboxylic acids is 1. The third-order valence-corrected chi connectivity index (χ3v) is 7.38. The lowest BCUT2D eigenvalue weighted by Crippen LogP contribution is -2.51. The van der Waals surface area contributed by atoms with E-state index in [0.29, 0.717) is 17.8 Å². The van der Waals surface area contributed by atoms with Crippen molar-refractivity contribution in [3.63, 3.8) is 0 Å². The maximum Gasteiger partial charge on any atom is 0.224 e. The van der Waals surface area contributed by atoms with Crippen molar-refractivity contribution in [1.29, 1.82) is 0 Å². The van der Waals surface area contributed by atoms with Gasteiger partial charge in [0.15, 0.2) is 0 Å². The monoisotopic (exact) mass is 449 g/mol. The Bertz CT molecular complexity index is 1020. The van der Waals surface area contributed by atoms with Gasteiger partial charge in [0.05, 0.1) is 13.2 Å². The predicted molar refractivity (Wildman–Crippen MR) is 132 cm³/mol. The van der Waals surface area contributed by atoms with E-state index in [4.69, 9.17) is 4.74 Å². The molecular formula is C26H35N5O2. The average molecular weight is 450 g/mol. The van der Waals surface area contributed by atoms with Crippen molar-refractivity contribution in [2.24, 2.45) is 11.8 Å². The van der Waals surface area contributed by atoms with E-state index in [2.05, 4.69) is 57.5 Å². The smallest absolute Gasteiger partial charge is 0.224 e. The van der Waals surface area contributed by atoms with E-state index in [0.717, 1.165) is 31.1 Å². The second-order valence-electron chi connectivity index (χ2n) is 9.81. The molecule has 1 aromatic heterocycles. The Balaban J connectivity index is 1.57. The third kappa shape index (κ3) is 4.26. The molecule has 1 saturated carbocycles. The normalized spacial score (nSPS) is 27.2. The summed E-state index contributed by atoms with van der Waals surface area (Å²) < 4.78 is 5.35. The van der Waals surface area contributed by atoms with Gasteiger partial charge in [-0.3, -0.25) is 4.79 Å². The maximum absolute atomic E-state index is 12.9. The summed E-state index contributed by atoms with van der Waals surface area (Å²) in [7, 11) is 1.64. The average Bonchev–Trinajstić information content (AvgIpc) is 3.65. The van der Waals surface area contributed by atoms with Crippen LogP contribution in [0, 0.1) is 11.8 Å². The summed E-state index contributed by atoms with van der Waals surface area (Å²) in [5.74, 6) is 2.33. The Hall–Kier alpha value is -2.80. The molecule has 4 atom stereocenters. The summed E-state index contributed by atoms with van der Waals surface area (Å²) >= 11 is 0. The number of rotatable bonds is 5. The number of amides is 1. The minimum absolute atomic E-state index is 0.0566. The first-order valence-electron chi connectivity index (χ1n) is 12.2. The molecule has 7 heteroatoms. The molecule has 2 aliphatic heterocycles. The van der Waals surface area contributed by atoms with Crippen LogP contribution in [-0.2, 0) is 4.79 Å². The van der Waals surface area contributed by atoms with Gasteiger partial charge in [0.25, 0.3) is 0 Å². The molecule has 2 N–H and O–H groups in total. The number of anilines is 3. The van der Waals surface area contributed by atoms with Crippen molar-refractivity contribution in [1.82, 2.24) is 10.3 Å². The van der Waals surface area contributed by atoms with Gasteiger partial charge >= 0.3 is 0 Å². The first kappa shape index (κ1) is 22.0. The van der Waals surface area contributed by atoms with E-state index >= 15 is 0 Å². The number of hydrogen-bond acceptors (Lipinski definition) is 6. The number of carbonyl (C=O) groups is 1. The summed E-state index contributed by atoms with van der Waals surface area (Å²) in [5, 5.41) is 7.24. The topological polar surface area (TPSA) is 69.7 Å². The van der Waals surface area contributed by atoms with Crippen molar-refractivity contribution < 1.29 is 9.53 Å². The number of nitrogens with one attached hydrogen (secondary N) is 2. The predicted octanol–water partition coefficient (Wildman–Crippen LogP) is 3.82. The molecule has 0 bridgehead atoms. The molecular weight excluding hydrogens is 414 g/mol. The van der Waals surface area contributed by atoms with E-state index in [1.807, 2.05) is 18.2 Å². The molecule has 3 aliphatic rings. The molecule has 1 aromatic carbocycles. The summed E-state index contributed by atoms with van der Waals surface area (Å²) in [6.45, 7) is 9.14. The van der Waals surface area contributed by atoms with E-state index in [9.17, 15) is 4.79 Å². The van der Waals surface area contributed by atoms with Crippen molar-refractivity contribution in [2.75, 3.05) is 41.9 Å². The van der Waals surface area contributed by atoms with Crippen LogP contribution in [0.25, 0.3) is 0 Å². The van der Waals surface area contributed by atoms with Crippen molar-refractivity contribution in [2.45, 2.75) is 51.7 Å². The summed E-state index contributed by atoms with van der Waals surface area (Å²) in [6, 6.07) is 13.2. The molecule has 1 unspecified atom stereocenters. The van der Waals surface area contributed by atoms with Gasteiger partial charge < -0.3 is 25.2 Å². The zero-order chi connectivity index (χ0) is 23.1. The number of hydrogen-bond donors (Lipinski definition) is 2. The van der Waals surface area contributed by atoms with Gasteiger partial charge in [0.1, 0.15) is 5.82 Å². The lowest BCUT2D eigenvalue weighted by molar-refractivity contribution is -0.117. The van der Waals surface area contributed by atoms with Crippen LogP contribution in [0.1, 0.15) is 45.2 Å². The molecule has 0 radical (unpaired) electrons. The maximum atomic E-state index is 12.9. The molecule has 0 spiro atoms. The van der Waals surface area contributed by atoms with Crippen molar-refractivity contribution in [3.05, 3.63) is 42.0 Å². The Labute approximate surface area is 196 Å². The Kier molecular flexibility index (Phi) is 5.91. The molecule has 176 valence electrons. The highest BCUT2D eigenvalue weighted by atomic mass is 16.5. The zero-order valence-corrected chi connectivity index (χ0v) is 20.0. The quantitative estimate of drug-likeness (QED) is 0.723. The van der Waals surface area contributed by atoms with Gasteiger partial charge in [-0.15, -0.1) is 0 Å². The van der Waals surface area contributed by atoms with Gasteiger partial charge in [-0.05, 0) is 49.9 Å². The number of benzene rings is 1. The Morgan fingerprint density at radius 2 is 2.03 bits per heavy atom. The van der Waals surface area contributed by atoms with E-state index in [1.165, 1.54) is 24.1 Å². The fourth-order valence-electron chi connectivity index (χ4n) is 5.68. The molecule has 1 aliphatic carbocycles. The van der Waals surface area contributed by atoms with Crippen LogP contribution in [0.15, 0.2) is 36.4 Å². The third-order valence-electron chi connectivity index (χ3n) is 7.38. The minimum atomic E-state index is 0.0566. The van der Waals surface area contributed by atoms with Crippen LogP contribution in [0.5, 0.6) is 5.88 Å². The van der Waals surface area contributed by atoms with Gasteiger partial charge in [0, 0.05) is 67.6 Å². The standard InChI is InChI=1S/C26H35N5O2/c1-16-15-30(13-12-27-16)20-10-11-22-21(14-20)25(29-23-6-5-7-24(28-23)33-4)17(2)26(19-8-9-19)31(22)18(3)32/h5-7,10-11,14,16-17,19,25-27H,8-9,12-13,15H2,1-4H3,(H,28,29)/t16?,17-,25-,26-/m1/s1. The highest BCUT2D eigenvalue weighted by molar-refractivity contribution is 5.94. The molecule has 1 amide bonds. The van der Waals surface area contributed by atoms with Gasteiger partial charge in [-0.2, -0.15) is 4.98 Å². The molecule has 2 fully saturated rings. The highest BCUT2D eigenvalue weighted by Crippen LogP contribution is 2.50. The zero-order valence-electron chi connectivity index (χ0n) is 20.0. The van der Waals surface area contributed by atoms with Crippen LogP contribution in [0.3, 0.4) is 0 Å². The van der Waals surface area contributed by atoms with Crippen molar-refractivity contribution >= 4 is 23.1 Å². The van der Waals surface area contributed by atoms with Crippen LogP contribution >= 0.6 is 0 Å². The van der Waals surface area contributed by atoms with Gasteiger partial charge in [0.2, 0.25) is 11.8 Å². The summed E-state index contributed by atoms with van der Waals surface area (Å²) in [4.78, 5) is 22.0. The van der Waals surface area contributed by atoms with Crippen molar-refractivity contribution in [3.8, 4) is 5.88 Å². The van der Waals surface area contributed by atoms with Crippen LogP contribution < -0.4 is 25.2 Å². The minimum Gasteiger partial charge on any atom is -0.481 e. The summed E-state index contributed by atoms with van der Waals surface area (Å²) in [5.41, 5.74) is 3.42. The number of pyridine rings is 1. The SMILES string of the molecule is COc1cccc(N[C@H]2c3cc(N4CCNC(C)C4)ccc3N(C(C)=O)[C@@H](C3CC3)[C@@H]2C)n1. The van der Waals surface area contributed by atoms with Gasteiger partial charge in [-0.1, -0.05) is 13.0 Å². The highest BCUT2D eigenvalue weighted by Gasteiger charge is 2.47. The molecule has 33 heavy (non-hydrogen) atoms. The number of ether oxygens (including phenoxy) is 1. The summed E-state index contributed by atoms with van der Waals surface area (Å²) in [6.07, 6.45) is 2.38. The lowest BCUT2D eigenvalue weighted by atomic mass is 9.79. The van der Waals surface area contributed by atoms with Crippen LogP contribution in [0.2, 0.25) is 0 Å². The lowest BCUT2D eigenvalue weighted by Gasteiger charge is -2.46. The largest absolute Gasteiger partial charge is 0.481 e. The number of aromatic nitrogens is 1. The second kappa shape index (κ2) is 8.86. The molecule has 7 nitrogen and oxygen atoms in total. The van der Waals surface area contributed by atoms with E-state index < -0.39 is 0 Å². The number of methoxy groups -OCH3 is 1. The van der Waals surface area contributed by atoms with E-state index in [1.54, 1.807) is 14.0 Å². The van der Waals surface area contributed by atoms with Crippen LogP contribution in [-0.4, -0.2) is 49.7 Å². The van der Waals surface area contributed by atoms with E-state index in [-0.39, 0.29) is 23.9 Å². The number of fused-ring (bicyclic) bond motifs is 1.